The van der Waals surface area contributed by atoms with Gasteiger partial charge >= 0.3 is 0 Å². The second-order valence-corrected chi connectivity index (χ2v) is 7.79. The highest BCUT2D eigenvalue weighted by molar-refractivity contribution is 7.18. The van der Waals surface area contributed by atoms with Crippen molar-refractivity contribution in [1.29, 1.82) is 0 Å². The number of nitrogens with zero attached hydrogens (tertiary/aromatic N) is 1. The number of ketones is 2. The van der Waals surface area contributed by atoms with E-state index in [9.17, 15) is 9.59 Å². The first-order valence-corrected chi connectivity index (χ1v) is 8.99. The van der Waals surface area contributed by atoms with Gasteiger partial charge in [0.15, 0.2) is 11.6 Å². The zero-order valence-corrected chi connectivity index (χ0v) is 15.3. The van der Waals surface area contributed by atoms with Crippen molar-refractivity contribution >= 4 is 39.4 Å². The number of hydrogen-bond acceptors (Lipinski definition) is 5. The maximum absolute atomic E-state index is 12.6. The molecule has 0 amide bonds. The first-order valence-electron chi connectivity index (χ1n) is 8.17. The molecule has 5 heteroatoms. The zero-order chi connectivity index (χ0) is 17.9. The number of carbonyl (C=O) groups excluding carboxylic acids is 2. The van der Waals surface area contributed by atoms with Crippen LogP contribution in [0, 0.1) is 13.8 Å². The van der Waals surface area contributed by atoms with Crippen LogP contribution in [-0.4, -0.2) is 16.6 Å². The molecule has 2 aromatic heterocycles. The zero-order valence-electron chi connectivity index (χ0n) is 14.5. The molecule has 1 aliphatic rings. The van der Waals surface area contributed by atoms with E-state index in [1.54, 1.807) is 29.5 Å². The molecule has 0 aliphatic heterocycles. The molecule has 0 N–H and O–H groups in total. The molecule has 25 heavy (non-hydrogen) atoms. The summed E-state index contributed by atoms with van der Waals surface area (Å²) in [6, 6.07) is 5.43. The van der Waals surface area contributed by atoms with Crippen LogP contribution in [0.15, 0.2) is 28.2 Å². The van der Waals surface area contributed by atoms with Crippen LogP contribution in [0.1, 0.15) is 62.4 Å². The maximum Gasteiger partial charge on any atom is 0.237 e. The molecule has 4 rings (SSSR count). The van der Waals surface area contributed by atoms with E-state index in [1.807, 2.05) is 19.9 Å². The van der Waals surface area contributed by atoms with Gasteiger partial charge in [0.1, 0.15) is 5.76 Å². The summed E-state index contributed by atoms with van der Waals surface area (Å²) < 4.78 is 6.65. The molecular formula is C20H17NO3S. The van der Waals surface area contributed by atoms with Gasteiger partial charge in [-0.05, 0) is 43.2 Å². The fourth-order valence-electron chi connectivity index (χ4n) is 2.95. The number of aryl methyl sites for hydroxylation is 2. The Morgan fingerprint density at radius 1 is 1.04 bits per heavy atom. The molecule has 126 valence electrons. The normalized spacial score (nSPS) is 14.0. The van der Waals surface area contributed by atoms with Crippen molar-refractivity contribution in [3.05, 3.63) is 56.8 Å². The fraction of sp³-hybridized carbons (Fsp3) is 0.250. The first kappa shape index (κ1) is 16.0. The van der Waals surface area contributed by atoms with Crippen LogP contribution in [0.2, 0.25) is 0 Å². The van der Waals surface area contributed by atoms with E-state index in [4.69, 9.17) is 4.42 Å². The van der Waals surface area contributed by atoms with E-state index in [-0.39, 0.29) is 17.1 Å². The van der Waals surface area contributed by atoms with Gasteiger partial charge in [0.2, 0.25) is 5.71 Å². The summed E-state index contributed by atoms with van der Waals surface area (Å²) in [5.74, 6) is 0.354. The van der Waals surface area contributed by atoms with Crippen LogP contribution in [-0.2, 0) is 0 Å². The predicted molar refractivity (Wildman–Crippen MR) is 98.5 cm³/mol. The van der Waals surface area contributed by atoms with Gasteiger partial charge < -0.3 is 4.42 Å². The van der Waals surface area contributed by atoms with Crippen LogP contribution >= 0.6 is 11.3 Å². The van der Waals surface area contributed by atoms with Crippen molar-refractivity contribution in [3.8, 4) is 0 Å². The second-order valence-electron chi connectivity index (χ2n) is 6.72. The average molecular weight is 351 g/mol. The fourth-order valence-corrected chi connectivity index (χ4v) is 3.88. The Balaban J connectivity index is 1.76. The van der Waals surface area contributed by atoms with Gasteiger partial charge in [0.05, 0.1) is 15.3 Å². The third-order valence-corrected chi connectivity index (χ3v) is 5.80. The summed E-state index contributed by atoms with van der Waals surface area (Å²) in [5.41, 5.74) is 3.68. The predicted octanol–water partition coefficient (Wildman–Crippen LogP) is 5.09. The van der Waals surface area contributed by atoms with Crippen LogP contribution in [0.25, 0.3) is 16.5 Å². The maximum atomic E-state index is 12.6. The smallest absolute Gasteiger partial charge is 0.237 e. The topological polar surface area (TPSA) is 60.2 Å². The van der Waals surface area contributed by atoms with Crippen LogP contribution in [0.4, 0.5) is 0 Å². The lowest BCUT2D eigenvalue weighted by molar-refractivity contribution is 0.0990. The minimum absolute atomic E-state index is 0.158. The molecule has 4 nitrogen and oxygen atoms in total. The number of rotatable bonds is 2. The van der Waals surface area contributed by atoms with E-state index in [0.29, 0.717) is 28.5 Å². The molecule has 0 unspecified atom stereocenters. The number of furan rings is 1. The highest BCUT2D eigenvalue weighted by Gasteiger charge is 2.33. The Bertz CT molecular complexity index is 1010. The number of thiazole rings is 1. The SMILES string of the molecule is Cc1cc2c(cc1C)C(=O)C(=Cc1cc3sc(C(C)C)nc3o1)C2=O. The minimum atomic E-state index is -0.237. The molecule has 0 radical (unpaired) electrons. The van der Waals surface area contributed by atoms with Crippen molar-refractivity contribution in [2.45, 2.75) is 33.6 Å². The highest BCUT2D eigenvalue weighted by Crippen LogP contribution is 2.33. The first-order chi connectivity index (χ1) is 11.8. The number of Topliss-reactive ketones (excluding diaryl/α,β-unsaturated/α-hetero) is 2. The van der Waals surface area contributed by atoms with E-state index in [0.717, 1.165) is 20.8 Å². The van der Waals surface area contributed by atoms with Crippen LogP contribution in [0.5, 0.6) is 0 Å². The average Bonchev–Trinajstić information content (AvgIpc) is 3.17. The summed E-state index contributed by atoms with van der Waals surface area (Å²) in [7, 11) is 0. The van der Waals surface area contributed by atoms with E-state index < -0.39 is 0 Å². The van der Waals surface area contributed by atoms with Crippen LogP contribution in [0.3, 0.4) is 0 Å². The Morgan fingerprint density at radius 3 is 2.16 bits per heavy atom. The van der Waals surface area contributed by atoms with Gasteiger partial charge in [0, 0.05) is 23.1 Å². The third-order valence-electron chi connectivity index (χ3n) is 4.52. The molecule has 2 heterocycles. The third kappa shape index (κ3) is 2.46. The Hall–Kier alpha value is -2.53. The van der Waals surface area contributed by atoms with Gasteiger partial charge in [-0.3, -0.25) is 9.59 Å². The molecule has 3 aromatic rings. The van der Waals surface area contributed by atoms with Crippen molar-refractivity contribution in [2.75, 3.05) is 0 Å². The summed E-state index contributed by atoms with van der Waals surface area (Å²) in [5, 5.41) is 1.01. The lowest BCUT2D eigenvalue weighted by Gasteiger charge is -2.01. The minimum Gasteiger partial charge on any atom is -0.437 e. The molecule has 1 aliphatic carbocycles. The Kier molecular flexibility index (Phi) is 3.51. The lowest BCUT2D eigenvalue weighted by atomic mass is 10.0. The number of fused-ring (bicyclic) bond motifs is 2. The standard InChI is InChI=1S/C20H17NO3S/c1-9(2)20-21-19-16(25-20)8-12(24-19)7-15-17(22)13-5-10(3)11(4)6-14(13)18(15)23/h5-9H,1-4H3. The molecule has 0 fully saturated rings. The number of benzene rings is 1. The van der Waals surface area contributed by atoms with Crippen LogP contribution < -0.4 is 0 Å². The Morgan fingerprint density at radius 2 is 1.64 bits per heavy atom. The molecule has 0 bridgehead atoms. The van der Waals surface area contributed by atoms with Crippen molar-refractivity contribution in [3.63, 3.8) is 0 Å². The quantitative estimate of drug-likeness (QED) is 0.476. The van der Waals surface area contributed by atoms with Crippen molar-refractivity contribution in [2.24, 2.45) is 0 Å². The van der Waals surface area contributed by atoms with E-state index in [1.165, 1.54) is 0 Å². The molecule has 1 aromatic carbocycles. The molecule has 0 saturated carbocycles. The highest BCUT2D eigenvalue weighted by atomic mass is 32.1. The number of carbonyl (C=O) groups is 2. The summed E-state index contributed by atoms with van der Waals surface area (Å²) >= 11 is 1.57. The lowest BCUT2D eigenvalue weighted by Crippen LogP contribution is -1.99. The number of aromatic nitrogens is 1. The van der Waals surface area contributed by atoms with Crippen molar-refractivity contribution < 1.29 is 14.0 Å². The second kappa shape index (κ2) is 5.49. The monoisotopic (exact) mass is 351 g/mol. The number of hydrogen-bond donors (Lipinski definition) is 0. The molecule has 0 spiro atoms. The largest absolute Gasteiger partial charge is 0.437 e. The van der Waals surface area contributed by atoms with E-state index in [2.05, 4.69) is 18.8 Å². The number of allylic oxidation sites excluding steroid dienone is 1. The van der Waals surface area contributed by atoms with E-state index >= 15 is 0 Å². The van der Waals surface area contributed by atoms with Crippen molar-refractivity contribution in [1.82, 2.24) is 4.98 Å². The Labute approximate surface area is 149 Å². The van der Waals surface area contributed by atoms with Gasteiger partial charge in [0.25, 0.3) is 0 Å². The summed E-state index contributed by atoms with van der Waals surface area (Å²) in [4.78, 5) is 29.7. The molecule has 0 saturated heterocycles. The van der Waals surface area contributed by atoms with Gasteiger partial charge in [-0.1, -0.05) is 13.8 Å². The molecular weight excluding hydrogens is 334 g/mol. The van der Waals surface area contributed by atoms with Gasteiger partial charge in [-0.15, -0.1) is 11.3 Å². The van der Waals surface area contributed by atoms with Gasteiger partial charge in [-0.25, -0.2) is 4.98 Å². The summed E-state index contributed by atoms with van der Waals surface area (Å²) in [6.45, 7) is 8.04. The van der Waals surface area contributed by atoms with Gasteiger partial charge in [-0.2, -0.15) is 0 Å². The molecule has 0 atom stereocenters. The summed E-state index contributed by atoms with van der Waals surface area (Å²) in [6.07, 6.45) is 1.54.